The number of rotatable bonds is 4. The summed E-state index contributed by atoms with van der Waals surface area (Å²) in [5, 5.41) is 0. The van der Waals surface area contributed by atoms with Gasteiger partial charge in [0.2, 0.25) is 0 Å². The third kappa shape index (κ3) is 2.40. The highest BCUT2D eigenvalue weighted by atomic mass is 32.2. The van der Waals surface area contributed by atoms with Gasteiger partial charge in [-0.05, 0) is 19.6 Å². The Morgan fingerprint density at radius 3 is 2.85 bits per heavy atom. The van der Waals surface area contributed by atoms with Gasteiger partial charge in [0.05, 0.1) is 11.9 Å². The predicted molar refractivity (Wildman–Crippen MR) is 58.9 cm³/mol. The SMILES string of the molecule is CCSCc1ncc(N)n1C(C)C. The van der Waals surface area contributed by atoms with E-state index in [1.54, 1.807) is 6.20 Å². The molecule has 1 aromatic rings. The molecule has 0 aliphatic heterocycles. The number of imidazole rings is 1. The van der Waals surface area contributed by atoms with Gasteiger partial charge in [-0.25, -0.2) is 4.98 Å². The second-order valence-corrected chi connectivity index (χ2v) is 4.47. The molecular weight excluding hydrogens is 182 g/mol. The summed E-state index contributed by atoms with van der Waals surface area (Å²) >= 11 is 1.87. The van der Waals surface area contributed by atoms with Crippen molar-refractivity contribution in [2.75, 3.05) is 11.5 Å². The fraction of sp³-hybridized carbons (Fsp3) is 0.667. The molecule has 3 nitrogen and oxygen atoms in total. The molecular formula is C9H17N3S. The number of nitrogens with zero attached hydrogens (tertiary/aromatic N) is 2. The molecule has 1 heterocycles. The minimum Gasteiger partial charge on any atom is -0.384 e. The van der Waals surface area contributed by atoms with Gasteiger partial charge in [0, 0.05) is 6.04 Å². The topological polar surface area (TPSA) is 43.8 Å². The van der Waals surface area contributed by atoms with Crippen LogP contribution in [0.25, 0.3) is 0 Å². The van der Waals surface area contributed by atoms with Gasteiger partial charge < -0.3 is 10.3 Å². The van der Waals surface area contributed by atoms with Crippen molar-refractivity contribution in [3.8, 4) is 0 Å². The molecule has 0 spiro atoms. The Hall–Kier alpha value is -0.640. The van der Waals surface area contributed by atoms with Crippen molar-refractivity contribution in [1.29, 1.82) is 0 Å². The zero-order valence-corrected chi connectivity index (χ0v) is 9.27. The quantitative estimate of drug-likeness (QED) is 0.809. The van der Waals surface area contributed by atoms with E-state index in [-0.39, 0.29) is 0 Å². The Morgan fingerprint density at radius 1 is 1.62 bits per heavy atom. The first kappa shape index (κ1) is 10.4. The third-order valence-electron chi connectivity index (χ3n) is 1.85. The maximum atomic E-state index is 5.81. The van der Waals surface area contributed by atoms with Crippen molar-refractivity contribution in [2.45, 2.75) is 32.6 Å². The molecule has 1 aromatic heterocycles. The fourth-order valence-corrected chi connectivity index (χ4v) is 1.91. The van der Waals surface area contributed by atoms with E-state index < -0.39 is 0 Å². The molecule has 0 saturated heterocycles. The van der Waals surface area contributed by atoms with Gasteiger partial charge in [-0.15, -0.1) is 0 Å². The van der Waals surface area contributed by atoms with Crippen LogP contribution in [0.3, 0.4) is 0 Å². The summed E-state index contributed by atoms with van der Waals surface area (Å²) < 4.78 is 2.09. The minimum absolute atomic E-state index is 0.398. The van der Waals surface area contributed by atoms with E-state index in [4.69, 9.17) is 5.73 Å². The van der Waals surface area contributed by atoms with Crippen LogP contribution in [0.1, 0.15) is 32.6 Å². The molecule has 0 atom stereocenters. The average Bonchev–Trinajstić information content (AvgIpc) is 2.43. The second kappa shape index (κ2) is 4.56. The lowest BCUT2D eigenvalue weighted by atomic mass is 10.4. The Balaban J connectivity index is 2.81. The van der Waals surface area contributed by atoms with E-state index in [9.17, 15) is 0 Å². The van der Waals surface area contributed by atoms with Crippen LogP contribution in [0.5, 0.6) is 0 Å². The van der Waals surface area contributed by atoms with Crippen molar-refractivity contribution in [1.82, 2.24) is 9.55 Å². The first-order chi connectivity index (χ1) is 6.16. The average molecular weight is 199 g/mol. The normalized spacial score (nSPS) is 11.1. The third-order valence-corrected chi connectivity index (χ3v) is 2.72. The molecule has 0 aliphatic rings. The van der Waals surface area contributed by atoms with Gasteiger partial charge in [-0.3, -0.25) is 0 Å². The highest BCUT2D eigenvalue weighted by Crippen LogP contribution is 2.19. The first-order valence-corrected chi connectivity index (χ1v) is 5.71. The van der Waals surface area contributed by atoms with Crippen molar-refractivity contribution >= 4 is 17.6 Å². The second-order valence-electron chi connectivity index (χ2n) is 3.20. The lowest BCUT2D eigenvalue weighted by Crippen LogP contribution is -2.08. The highest BCUT2D eigenvalue weighted by molar-refractivity contribution is 7.98. The molecule has 0 amide bonds. The molecule has 2 N–H and O–H groups in total. The van der Waals surface area contributed by atoms with Crippen LogP contribution in [0.2, 0.25) is 0 Å². The summed E-state index contributed by atoms with van der Waals surface area (Å²) in [5.74, 6) is 3.91. The van der Waals surface area contributed by atoms with Gasteiger partial charge in [-0.2, -0.15) is 11.8 Å². The fourth-order valence-electron chi connectivity index (χ4n) is 1.31. The van der Waals surface area contributed by atoms with Crippen LogP contribution in [-0.4, -0.2) is 15.3 Å². The van der Waals surface area contributed by atoms with E-state index >= 15 is 0 Å². The standard InChI is InChI=1S/C9H17N3S/c1-4-13-6-9-11-5-8(10)12(9)7(2)3/h5,7H,4,6,10H2,1-3H3. The van der Waals surface area contributed by atoms with Crippen LogP contribution in [0.4, 0.5) is 5.82 Å². The first-order valence-electron chi connectivity index (χ1n) is 4.56. The van der Waals surface area contributed by atoms with Crippen LogP contribution in [0, 0.1) is 0 Å². The van der Waals surface area contributed by atoms with Gasteiger partial charge in [0.15, 0.2) is 0 Å². The molecule has 0 aliphatic carbocycles. The lowest BCUT2D eigenvalue weighted by Gasteiger charge is -2.12. The molecule has 0 unspecified atom stereocenters. The number of hydrogen-bond acceptors (Lipinski definition) is 3. The van der Waals surface area contributed by atoms with E-state index in [2.05, 4.69) is 30.3 Å². The smallest absolute Gasteiger partial charge is 0.123 e. The van der Waals surface area contributed by atoms with Gasteiger partial charge in [0.25, 0.3) is 0 Å². The minimum atomic E-state index is 0.398. The highest BCUT2D eigenvalue weighted by Gasteiger charge is 2.09. The predicted octanol–water partition coefficient (Wildman–Crippen LogP) is 2.30. The van der Waals surface area contributed by atoms with Crippen LogP contribution in [0.15, 0.2) is 6.20 Å². The molecule has 0 saturated carbocycles. The Morgan fingerprint density at radius 2 is 2.31 bits per heavy atom. The lowest BCUT2D eigenvalue weighted by molar-refractivity contribution is 0.588. The molecule has 4 heteroatoms. The molecule has 0 fully saturated rings. The number of nitrogens with two attached hydrogens (primary N) is 1. The largest absolute Gasteiger partial charge is 0.384 e. The summed E-state index contributed by atoms with van der Waals surface area (Å²) in [4.78, 5) is 4.29. The van der Waals surface area contributed by atoms with Crippen LogP contribution < -0.4 is 5.73 Å². The zero-order valence-electron chi connectivity index (χ0n) is 8.45. The van der Waals surface area contributed by atoms with E-state index in [1.807, 2.05) is 11.8 Å². The molecule has 0 radical (unpaired) electrons. The zero-order chi connectivity index (χ0) is 9.84. The van der Waals surface area contributed by atoms with Gasteiger partial charge in [-0.1, -0.05) is 6.92 Å². The number of nitrogen functional groups attached to an aromatic ring is 1. The van der Waals surface area contributed by atoms with Gasteiger partial charge >= 0.3 is 0 Å². The van der Waals surface area contributed by atoms with E-state index in [0.717, 1.165) is 23.1 Å². The molecule has 13 heavy (non-hydrogen) atoms. The molecule has 0 bridgehead atoms. The molecule has 1 rings (SSSR count). The Bertz CT molecular complexity index is 268. The van der Waals surface area contributed by atoms with E-state index in [1.165, 1.54) is 0 Å². The Kier molecular flexibility index (Phi) is 3.66. The van der Waals surface area contributed by atoms with E-state index in [0.29, 0.717) is 6.04 Å². The number of anilines is 1. The maximum absolute atomic E-state index is 5.81. The van der Waals surface area contributed by atoms with Crippen molar-refractivity contribution in [2.24, 2.45) is 0 Å². The summed E-state index contributed by atoms with van der Waals surface area (Å²) in [6.07, 6.45) is 1.74. The van der Waals surface area contributed by atoms with Crippen molar-refractivity contribution < 1.29 is 0 Å². The number of aromatic nitrogens is 2. The van der Waals surface area contributed by atoms with Crippen molar-refractivity contribution in [3.05, 3.63) is 12.0 Å². The number of hydrogen-bond donors (Lipinski definition) is 1. The summed E-state index contributed by atoms with van der Waals surface area (Å²) in [6, 6.07) is 0.398. The summed E-state index contributed by atoms with van der Waals surface area (Å²) in [5.41, 5.74) is 5.81. The monoisotopic (exact) mass is 199 g/mol. The maximum Gasteiger partial charge on any atom is 0.123 e. The molecule has 0 aromatic carbocycles. The number of thioether (sulfide) groups is 1. The Labute approximate surface area is 83.7 Å². The molecule has 74 valence electrons. The summed E-state index contributed by atoms with van der Waals surface area (Å²) in [6.45, 7) is 6.40. The van der Waals surface area contributed by atoms with Gasteiger partial charge in [0.1, 0.15) is 11.6 Å². The summed E-state index contributed by atoms with van der Waals surface area (Å²) in [7, 11) is 0. The van der Waals surface area contributed by atoms with Crippen LogP contribution in [-0.2, 0) is 5.75 Å². The van der Waals surface area contributed by atoms with Crippen molar-refractivity contribution in [3.63, 3.8) is 0 Å². The van der Waals surface area contributed by atoms with Crippen LogP contribution >= 0.6 is 11.8 Å².